The van der Waals surface area contributed by atoms with Gasteiger partial charge in [0.1, 0.15) is 12.4 Å². The first-order valence-corrected chi connectivity index (χ1v) is 7.27. The van der Waals surface area contributed by atoms with E-state index in [1.807, 2.05) is 32.0 Å². The Hall–Kier alpha value is -2.15. The molecular formula is C15H23N3O4. The third-order valence-corrected chi connectivity index (χ3v) is 3.44. The van der Waals surface area contributed by atoms with E-state index in [0.29, 0.717) is 31.2 Å². The topological polar surface area (TPSA) is 72.1 Å². The lowest BCUT2D eigenvalue weighted by Crippen LogP contribution is -2.43. The Balaban J connectivity index is 1.62. The fourth-order valence-corrected chi connectivity index (χ4v) is 1.79. The van der Waals surface area contributed by atoms with Crippen LogP contribution >= 0.6 is 0 Å². The molecule has 1 aliphatic rings. The molecule has 0 bridgehead atoms. The summed E-state index contributed by atoms with van der Waals surface area (Å²) >= 11 is 0. The Kier molecular flexibility index (Phi) is 5.71. The van der Waals surface area contributed by atoms with Crippen LogP contribution in [0.1, 0.15) is 6.92 Å². The van der Waals surface area contributed by atoms with Crippen LogP contribution in [0.25, 0.3) is 0 Å². The summed E-state index contributed by atoms with van der Waals surface area (Å²) in [7, 11) is 3.95. The number of likely N-dealkylation sites (N-methyl/N-ethyl adjacent to an activating group) is 1. The van der Waals surface area contributed by atoms with Gasteiger partial charge in [-0.05, 0) is 33.2 Å². The highest BCUT2D eigenvalue weighted by Crippen LogP contribution is 2.34. The maximum absolute atomic E-state index is 11.6. The summed E-state index contributed by atoms with van der Waals surface area (Å²) in [5.41, 5.74) is 0. The van der Waals surface area contributed by atoms with Crippen LogP contribution in [0.2, 0.25) is 0 Å². The van der Waals surface area contributed by atoms with Gasteiger partial charge in [-0.3, -0.25) is 0 Å². The zero-order valence-electron chi connectivity index (χ0n) is 13.2. The van der Waals surface area contributed by atoms with Gasteiger partial charge in [0.05, 0.1) is 6.54 Å². The molecule has 2 amide bonds. The van der Waals surface area contributed by atoms with Crippen molar-refractivity contribution in [3.8, 4) is 17.2 Å². The lowest BCUT2D eigenvalue weighted by Gasteiger charge is -2.20. The third-order valence-electron chi connectivity index (χ3n) is 3.44. The van der Waals surface area contributed by atoms with E-state index in [1.54, 1.807) is 12.1 Å². The molecular weight excluding hydrogens is 286 g/mol. The van der Waals surface area contributed by atoms with Crippen LogP contribution in [0.15, 0.2) is 18.2 Å². The van der Waals surface area contributed by atoms with E-state index in [1.165, 1.54) is 0 Å². The summed E-state index contributed by atoms with van der Waals surface area (Å²) in [5, 5.41) is 5.56. The maximum atomic E-state index is 11.6. The molecule has 0 saturated heterocycles. The van der Waals surface area contributed by atoms with Crippen molar-refractivity contribution in [2.45, 2.75) is 13.0 Å². The number of ether oxygens (including phenoxy) is 3. The largest absolute Gasteiger partial charge is 0.492 e. The van der Waals surface area contributed by atoms with Crippen LogP contribution in [0.5, 0.6) is 17.2 Å². The lowest BCUT2D eigenvalue weighted by atomic mass is 10.3. The summed E-state index contributed by atoms with van der Waals surface area (Å²) in [5.74, 6) is 2.09. The second-order valence-electron chi connectivity index (χ2n) is 5.31. The number of rotatable bonds is 7. The fraction of sp³-hybridized carbons (Fsp3) is 0.533. The Morgan fingerprint density at radius 2 is 2.09 bits per heavy atom. The smallest absolute Gasteiger partial charge is 0.314 e. The minimum absolute atomic E-state index is 0.192. The maximum Gasteiger partial charge on any atom is 0.314 e. The number of hydrogen-bond donors (Lipinski definition) is 2. The van der Waals surface area contributed by atoms with Crippen molar-refractivity contribution in [1.29, 1.82) is 0 Å². The number of nitrogens with one attached hydrogen (secondary N) is 2. The Labute approximate surface area is 130 Å². The minimum Gasteiger partial charge on any atom is -0.492 e. The fourth-order valence-electron chi connectivity index (χ4n) is 1.79. The summed E-state index contributed by atoms with van der Waals surface area (Å²) < 4.78 is 16.1. The predicted molar refractivity (Wildman–Crippen MR) is 82.6 cm³/mol. The van der Waals surface area contributed by atoms with Crippen molar-refractivity contribution >= 4 is 6.03 Å². The Morgan fingerprint density at radius 3 is 2.86 bits per heavy atom. The first-order valence-electron chi connectivity index (χ1n) is 7.27. The average molecular weight is 309 g/mol. The summed E-state index contributed by atoms with van der Waals surface area (Å²) in [4.78, 5) is 13.6. The molecule has 1 aromatic rings. The second-order valence-corrected chi connectivity index (χ2v) is 5.31. The molecule has 7 nitrogen and oxygen atoms in total. The standard InChI is InChI=1S/C15H23N3O4/c1-11(18(2)3)9-17-15(19)16-6-7-20-12-4-5-13-14(8-12)22-10-21-13/h4-5,8,11H,6-7,9-10H2,1-3H3,(H2,16,17,19). The van der Waals surface area contributed by atoms with E-state index >= 15 is 0 Å². The van der Waals surface area contributed by atoms with Crippen molar-refractivity contribution < 1.29 is 19.0 Å². The third kappa shape index (κ3) is 4.70. The zero-order chi connectivity index (χ0) is 15.9. The van der Waals surface area contributed by atoms with Crippen molar-refractivity contribution in [3.05, 3.63) is 18.2 Å². The van der Waals surface area contributed by atoms with E-state index in [-0.39, 0.29) is 18.9 Å². The van der Waals surface area contributed by atoms with Crippen molar-refractivity contribution in [1.82, 2.24) is 15.5 Å². The van der Waals surface area contributed by atoms with Gasteiger partial charge in [0.15, 0.2) is 11.5 Å². The number of hydrogen-bond acceptors (Lipinski definition) is 5. The van der Waals surface area contributed by atoms with E-state index in [4.69, 9.17) is 14.2 Å². The van der Waals surface area contributed by atoms with Crippen LogP contribution in [0.3, 0.4) is 0 Å². The van der Waals surface area contributed by atoms with Crippen LogP contribution in [0, 0.1) is 0 Å². The molecule has 0 aromatic heterocycles. The van der Waals surface area contributed by atoms with Crippen molar-refractivity contribution in [3.63, 3.8) is 0 Å². The molecule has 0 spiro atoms. The Bertz CT molecular complexity index is 508. The van der Waals surface area contributed by atoms with Crippen LogP contribution in [0.4, 0.5) is 4.79 Å². The summed E-state index contributed by atoms with van der Waals surface area (Å²) in [6.07, 6.45) is 0. The monoisotopic (exact) mass is 309 g/mol. The van der Waals surface area contributed by atoms with Gasteiger partial charge in [-0.15, -0.1) is 0 Å². The van der Waals surface area contributed by atoms with Gasteiger partial charge >= 0.3 is 6.03 Å². The molecule has 1 aliphatic heterocycles. The zero-order valence-corrected chi connectivity index (χ0v) is 13.2. The molecule has 22 heavy (non-hydrogen) atoms. The highest BCUT2D eigenvalue weighted by atomic mass is 16.7. The molecule has 122 valence electrons. The van der Waals surface area contributed by atoms with Gasteiger partial charge in [0.25, 0.3) is 0 Å². The molecule has 0 radical (unpaired) electrons. The van der Waals surface area contributed by atoms with Crippen molar-refractivity contribution in [2.75, 3.05) is 40.6 Å². The molecule has 0 saturated carbocycles. The molecule has 2 rings (SSSR count). The highest BCUT2D eigenvalue weighted by Gasteiger charge is 2.13. The second kappa shape index (κ2) is 7.74. The quantitative estimate of drug-likeness (QED) is 0.737. The number of fused-ring (bicyclic) bond motifs is 1. The molecule has 0 aliphatic carbocycles. The molecule has 1 unspecified atom stereocenters. The molecule has 1 atom stereocenters. The van der Waals surface area contributed by atoms with E-state index in [0.717, 1.165) is 5.75 Å². The summed E-state index contributed by atoms with van der Waals surface area (Å²) in [6, 6.07) is 5.49. The van der Waals surface area contributed by atoms with Crippen LogP contribution < -0.4 is 24.8 Å². The number of amides is 2. The van der Waals surface area contributed by atoms with Gasteiger partial charge in [-0.2, -0.15) is 0 Å². The molecule has 2 N–H and O–H groups in total. The van der Waals surface area contributed by atoms with Crippen molar-refractivity contribution in [2.24, 2.45) is 0 Å². The van der Waals surface area contributed by atoms with E-state index < -0.39 is 0 Å². The van der Waals surface area contributed by atoms with Gasteiger partial charge in [-0.25, -0.2) is 4.79 Å². The predicted octanol–water partition coefficient (Wildman–Crippen LogP) is 1.04. The Morgan fingerprint density at radius 1 is 1.32 bits per heavy atom. The average Bonchev–Trinajstić information content (AvgIpc) is 2.96. The lowest BCUT2D eigenvalue weighted by molar-refractivity contribution is 0.173. The number of nitrogens with zero attached hydrogens (tertiary/aromatic N) is 1. The van der Waals surface area contributed by atoms with Gasteiger partial charge in [0, 0.05) is 18.7 Å². The molecule has 1 aromatic carbocycles. The highest BCUT2D eigenvalue weighted by molar-refractivity contribution is 5.73. The number of carbonyl (C=O) groups excluding carboxylic acids is 1. The first-order chi connectivity index (χ1) is 10.6. The van der Waals surface area contributed by atoms with Crippen LogP contribution in [-0.4, -0.2) is 57.6 Å². The summed E-state index contributed by atoms with van der Waals surface area (Å²) in [6.45, 7) is 3.70. The molecule has 1 heterocycles. The van der Waals surface area contributed by atoms with Gasteiger partial charge in [-0.1, -0.05) is 0 Å². The normalized spacial score (nSPS) is 13.8. The minimum atomic E-state index is -0.192. The van der Waals surface area contributed by atoms with Crippen LogP contribution in [-0.2, 0) is 0 Å². The SMILES string of the molecule is CC(CNC(=O)NCCOc1ccc2c(c1)OCO2)N(C)C. The number of benzene rings is 1. The van der Waals surface area contributed by atoms with E-state index in [9.17, 15) is 4.79 Å². The van der Waals surface area contributed by atoms with E-state index in [2.05, 4.69) is 10.6 Å². The first kappa shape index (κ1) is 16.2. The number of carbonyl (C=O) groups is 1. The van der Waals surface area contributed by atoms with Gasteiger partial charge in [0.2, 0.25) is 6.79 Å². The molecule has 0 fully saturated rings. The van der Waals surface area contributed by atoms with Gasteiger partial charge < -0.3 is 29.7 Å². The molecule has 7 heteroatoms. The number of urea groups is 1.